The van der Waals surface area contributed by atoms with E-state index in [2.05, 4.69) is 36.9 Å². The average Bonchev–Trinajstić information content (AvgIpc) is 3.48. The van der Waals surface area contributed by atoms with E-state index in [0.29, 0.717) is 22.7 Å². The zero-order valence-corrected chi connectivity index (χ0v) is 19.5. The van der Waals surface area contributed by atoms with Crippen molar-refractivity contribution in [1.82, 2.24) is 30.4 Å². The first-order valence-corrected chi connectivity index (χ1v) is 12.1. The molecule has 1 aromatic heterocycles. The van der Waals surface area contributed by atoms with E-state index < -0.39 is 30.0 Å². The lowest BCUT2D eigenvalue weighted by Gasteiger charge is -2.49. The number of carboxylic acids is 2. The topological polar surface area (TPSA) is 196 Å². The van der Waals surface area contributed by atoms with Gasteiger partial charge in [-0.3, -0.25) is 9.69 Å². The fraction of sp³-hybridized carbons (Fsp3) is 0.471. The maximum atomic E-state index is 12.8. The lowest BCUT2D eigenvalue weighted by atomic mass is 10.0. The van der Waals surface area contributed by atoms with Gasteiger partial charge in [-0.25, -0.2) is 9.59 Å². The van der Waals surface area contributed by atoms with Crippen LogP contribution in [-0.4, -0.2) is 94.0 Å². The summed E-state index contributed by atoms with van der Waals surface area (Å²) in [6.07, 6.45) is 1.75. The molecule has 1 aliphatic carbocycles. The number of thiocarbonyl (C=S) groups is 1. The number of aromatic nitrogens is 4. The molecular formula is C17H16N8O6S3. The van der Waals surface area contributed by atoms with Crippen LogP contribution in [0.15, 0.2) is 21.6 Å². The molecule has 34 heavy (non-hydrogen) atoms. The first-order valence-electron chi connectivity index (χ1n) is 9.69. The van der Waals surface area contributed by atoms with E-state index >= 15 is 0 Å². The van der Waals surface area contributed by atoms with Crippen molar-refractivity contribution >= 4 is 64.9 Å². The highest BCUT2D eigenvalue weighted by molar-refractivity contribution is 8.01. The number of aliphatic carboxylic acids is 2. The molecule has 1 amide bonds. The van der Waals surface area contributed by atoms with Gasteiger partial charge in [-0.1, -0.05) is 29.1 Å². The molecule has 3 N–H and O–H groups in total. The number of rotatable bonds is 10. The summed E-state index contributed by atoms with van der Waals surface area (Å²) in [4.78, 5) is 41.5. The van der Waals surface area contributed by atoms with Crippen molar-refractivity contribution in [2.24, 2.45) is 17.0 Å². The van der Waals surface area contributed by atoms with Crippen molar-refractivity contribution in [1.29, 1.82) is 5.26 Å². The molecule has 17 heteroatoms. The molecule has 3 aliphatic rings. The molecule has 0 radical (unpaired) electrons. The minimum absolute atomic E-state index is 0.0547. The second-order valence-corrected chi connectivity index (χ2v) is 9.80. The van der Waals surface area contributed by atoms with Crippen LogP contribution >= 0.6 is 35.7 Å². The molecule has 2 aliphatic heterocycles. The Morgan fingerprint density at radius 2 is 2.26 bits per heavy atom. The fourth-order valence-corrected chi connectivity index (χ4v) is 6.07. The third-order valence-corrected chi connectivity index (χ3v) is 7.88. The second-order valence-electron chi connectivity index (χ2n) is 7.31. The van der Waals surface area contributed by atoms with Gasteiger partial charge in [-0.2, -0.15) is 9.94 Å². The van der Waals surface area contributed by atoms with Crippen molar-refractivity contribution in [3.63, 3.8) is 0 Å². The maximum Gasteiger partial charge on any atom is 0.352 e. The highest BCUT2D eigenvalue weighted by Crippen LogP contribution is 2.43. The van der Waals surface area contributed by atoms with Crippen molar-refractivity contribution < 1.29 is 29.4 Å². The minimum Gasteiger partial charge on any atom is -0.479 e. The zero-order chi connectivity index (χ0) is 24.4. The number of nitriles is 1. The van der Waals surface area contributed by atoms with Crippen LogP contribution in [0.5, 0.6) is 0 Å². The largest absolute Gasteiger partial charge is 0.479 e. The summed E-state index contributed by atoms with van der Waals surface area (Å²) in [5.74, 6) is -2.42. The van der Waals surface area contributed by atoms with Gasteiger partial charge in [0.25, 0.3) is 5.91 Å². The molecule has 178 valence electrons. The summed E-state index contributed by atoms with van der Waals surface area (Å²) in [5, 5.41) is 44.6. The highest BCUT2D eigenvalue weighted by atomic mass is 32.2. The number of tetrazole rings is 1. The van der Waals surface area contributed by atoms with Crippen LogP contribution in [0, 0.1) is 23.2 Å². The molecule has 1 saturated carbocycles. The summed E-state index contributed by atoms with van der Waals surface area (Å²) in [6.45, 7) is -0.627. The third kappa shape index (κ3) is 4.83. The monoisotopic (exact) mass is 524 g/mol. The molecule has 1 unspecified atom stereocenters. The molecule has 3 heterocycles. The van der Waals surface area contributed by atoms with Crippen LogP contribution in [0.25, 0.3) is 0 Å². The lowest BCUT2D eigenvalue weighted by Crippen LogP contribution is -2.70. The van der Waals surface area contributed by atoms with Gasteiger partial charge < -0.3 is 20.4 Å². The van der Waals surface area contributed by atoms with Crippen LogP contribution in [0.3, 0.4) is 0 Å². The number of amides is 1. The number of hydrogen-bond donors (Lipinski definition) is 3. The maximum absolute atomic E-state index is 12.8. The Kier molecular flexibility index (Phi) is 7.00. The lowest BCUT2D eigenvalue weighted by molar-refractivity contribution is -0.148. The van der Waals surface area contributed by atoms with Crippen LogP contribution in [0.1, 0.15) is 6.42 Å². The van der Waals surface area contributed by atoms with Crippen molar-refractivity contribution in [3.05, 3.63) is 11.3 Å². The number of carbonyl (C=O) groups is 3. The number of nitrogens with one attached hydrogen (secondary N) is 1. The van der Waals surface area contributed by atoms with Gasteiger partial charge in [0.1, 0.15) is 17.1 Å². The number of thioether (sulfide) groups is 2. The van der Waals surface area contributed by atoms with Crippen LogP contribution in [0.4, 0.5) is 0 Å². The smallest absolute Gasteiger partial charge is 0.352 e. The van der Waals surface area contributed by atoms with Gasteiger partial charge in [-0.15, -0.1) is 16.9 Å². The molecule has 1 aromatic rings. The van der Waals surface area contributed by atoms with Crippen molar-refractivity contribution in [2.75, 3.05) is 18.1 Å². The van der Waals surface area contributed by atoms with Gasteiger partial charge >= 0.3 is 11.9 Å². The number of fused-ring (bicyclic) bond motifs is 1. The Labute approximate surface area is 205 Å². The molecule has 14 nitrogen and oxygen atoms in total. The fourth-order valence-electron chi connectivity index (χ4n) is 3.36. The number of β-lactam (4-membered cyclic amide) rings is 1. The van der Waals surface area contributed by atoms with E-state index in [0.717, 1.165) is 22.8 Å². The van der Waals surface area contributed by atoms with Gasteiger partial charge in [0.05, 0.1) is 17.0 Å². The molecule has 0 spiro atoms. The summed E-state index contributed by atoms with van der Waals surface area (Å²) in [5.41, 5.74) is 0.442. The zero-order valence-electron chi connectivity index (χ0n) is 17.1. The quantitative estimate of drug-likeness (QED) is 0.0872. The van der Waals surface area contributed by atoms with Crippen LogP contribution < -0.4 is 5.32 Å². The van der Waals surface area contributed by atoms with Crippen LogP contribution in [-0.2, 0) is 19.2 Å². The van der Waals surface area contributed by atoms with E-state index in [1.807, 2.05) is 0 Å². The predicted octanol–water partition coefficient (Wildman–Crippen LogP) is -0.643. The number of oxime groups is 1. The number of nitrogens with zero attached hydrogens (tertiary/aromatic N) is 7. The normalized spacial score (nSPS) is 25.4. The Bertz CT molecular complexity index is 1150. The van der Waals surface area contributed by atoms with E-state index in [1.54, 1.807) is 0 Å². The molecule has 1 saturated heterocycles. The Morgan fingerprint density at radius 1 is 1.47 bits per heavy atom. The van der Waals surface area contributed by atoms with Crippen molar-refractivity contribution in [3.8, 4) is 6.07 Å². The summed E-state index contributed by atoms with van der Waals surface area (Å²) >= 11 is 7.86. The van der Waals surface area contributed by atoms with Gasteiger partial charge in [0.15, 0.2) is 6.34 Å². The molecule has 4 rings (SSSR count). The SMILES string of the molecule is N#C[C@@H]1C[C@@H]1C(=S)NC1C(=O)N2C(C(=O)O)=C(CSc3nnnn3C=NOCC(=O)O)CS[C@@H]12. The summed E-state index contributed by atoms with van der Waals surface area (Å²) in [6, 6.07) is 1.52. The highest BCUT2D eigenvalue weighted by Gasteiger charge is 2.55. The molecule has 0 aromatic carbocycles. The Morgan fingerprint density at radius 3 is 2.94 bits per heavy atom. The number of hydrogen-bond acceptors (Lipinski definition) is 12. The van der Waals surface area contributed by atoms with Gasteiger partial charge in [-0.05, 0) is 22.4 Å². The van der Waals surface area contributed by atoms with E-state index in [4.69, 9.17) is 22.6 Å². The average molecular weight is 525 g/mol. The molecule has 4 atom stereocenters. The Balaban J connectivity index is 1.40. The first-order chi connectivity index (χ1) is 16.3. The van der Waals surface area contributed by atoms with Crippen LogP contribution in [0.2, 0.25) is 0 Å². The van der Waals surface area contributed by atoms with Gasteiger partial charge in [0, 0.05) is 17.4 Å². The minimum atomic E-state index is -1.22. The van der Waals surface area contributed by atoms with Gasteiger partial charge in [0.2, 0.25) is 11.8 Å². The summed E-state index contributed by atoms with van der Waals surface area (Å²) < 4.78 is 1.15. The molecule has 0 bridgehead atoms. The van der Waals surface area contributed by atoms with Crippen molar-refractivity contribution in [2.45, 2.75) is 23.0 Å². The van der Waals surface area contributed by atoms with E-state index in [9.17, 15) is 19.5 Å². The first kappa shape index (κ1) is 23.9. The van der Waals surface area contributed by atoms with E-state index in [-0.39, 0.29) is 34.3 Å². The number of carboxylic acid groups (broad SMARTS) is 2. The standard InChI is InChI=1S/C17H16N8O6S3/c18-2-7-1-9(7)13(32)20-11-14(28)25-12(16(29)30)8(4-33-15(11)25)5-34-17-21-22-23-24(17)6-19-31-3-10(26)27/h6-7,9,11,15H,1,3-5H2,(H,20,32)(H,26,27)(H,29,30)/t7-,9-,11?,15-/m0/s1. The number of carbonyl (C=O) groups excluding carboxylic acids is 1. The third-order valence-electron chi connectivity index (χ3n) is 5.10. The Hall–Kier alpha value is -3.23. The van der Waals surface area contributed by atoms with E-state index in [1.165, 1.54) is 16.7 Å². The molecule has 2 fully saturated rings. The second kappa shape index (κ2) is 9.95. The predicted molar refractivity (Wildman–Crippen MR) is 121 cm³/mol. The summed E-state index contributed by atoms with van der Waals surface area (Å²) in [7, 11) is 0. The molecular weight excluding hydrogens is 508 g/mol.